The molecule has 0 fully saturated rings. The first-order valence-electron chi connectivity index (χ1n) is 10.2. The molecule has 31 heavy (non-hydrogen) atoms. The van der Waals surface area contributed by atoms with E-state index >= 15 is 0 Å². The number of hydrogen-bond acceptors (Lipinski definition) is 2. The van der Waals surface area contributed by atoms with E-state index in [1.165, 1.54) is 12.1 Å². The van der Waals surface area contributed by atoms with Gasteiger partial charge in [0, 0.05) is 28.8 Å². The molecule has 1 atom stereocenters. The highest BCUT2D eigenvalue weighted by Gasteiger charge is 2.34. The van der Waals surface area contributed by atoms with Crippen LogP contribution >= 0.6 is 0 Å². The zero-order chi connectivity index (χ0) is 21.4. The first kappa shape index (κ1) is 19.2. The number of aromatic amines is 1. The highest BCUT2D eigenvalue weighted by Crippen LogP contribution is 2.39. The van der Waals surface area contributed by atoms with Crippen LogP contribution < -0.4 is 10.1 Å². The number of urea groups is 1. The number of nitrogens with zero attached hydrogens (tertiary/aromatic N) is 1. The lowest BCUT2D eigenvalue weighted by Crippen LogP contribution is -2.43. The normalized spacial score (nSPS) is 15.5. The van der Waals surface area contributed by atoms with Gasteiger partial charge in [-0.15, -0.1) is 0 Å². The zero-order valence-corrected chi connectivity index (χ0v) is 17.1. The van der Waals surface area contributed by atoms with Gasteiger partial charge in [-0.1, -0.05) is 30.3 Å². The first-order chi connectivity index (χ1) is 15.1. The molecule has 2 heterocycles. The van der Waals surface area contributed by atoms with E-state index in [1.54, 1.807) is 24.1 Å². The molecule has 4 aromatic rings. The van der Waals surface area contributed by atoms with Crippen LogP contribution in [0.25, 0.3) is 10.9 Å². The number of halogens is 1. The van der Waals surface area contributed by atoms with Crippen LogP contribution in [0.15, 0.2) is 72.8 Å². The van der Waals surface area contributed by atoms with Crippen molar-refractivity contribution in [2.24, 2.45) is 0 Å². The quantitative estimate of drug-likeness (QED) is 0.465. The number of benzene rings is 3. The third-order valence-electron chi connectivity index (χ3n) is 5.81. The number of amides is 2. The van der Waals surface area contributed by atoms with Gasteiger partial charge in [-0.05, 0) is 60.0 Å². The fourth-order valence-electron chi connectivity index (χ4n) is 4.32. The third-order valence-corrected chi connectivity index (χ3v) is 5.81. The molecule has 0 aliphatic carbocycles. The van der Waals surface area contributed by atoms with Gasteiger partial charge in [0.2, 0.25) is 0 Å². The predicted molar refractivity (Wildman–Crippen MR) is 119 cm³/mol. The van der Waals surface area contributed by atoms with Crippen molar-refractivity contribution < 1.29 is 13.9 Å². The molecule has 6 heteroatoms. The van der Waals surface area contributed by atoms with Gasteiger partial charge in [-0.25, -0.2) is 9.18 Å². The second kappa shape index (κ2) is 7.80. The Labute approximate surface area is 179 Å². The number of fused-ring (bicyclic) bond motifs is 3. The number of anilines is 1. The van der Waals surface area contributed by atoms with E-state index in [0.29, 0.717) is 13.0 Å². The molecular weight excluding hydrogens is 393 g/mol. The number of rotatable bonds is 3. The Balaban J connectivity index is 1.59. The van der Waals surface area contributed by atoms with Gasteiger partial charge in [0.05, 0.1) is 13.2 Å². The van der Waals surface area contributed by atoms with Crippen molar-refractivity contribution in [1.82, 2.24) is 9.88 Å². The maximum atomic E-state index is 13.6. The molecule has 5 rings (SSSR count). The summed E-state index contributed by atoms with van der Waals surface area (Å²) in [6.07, 6.45) is 0.711. The number of H-pyrrole nitrogens is 1. The van der Waals surface area contributed by atoms with E-state index in [4.69, 9.17) is 4.74 Å². The summed E-state index contributed by atoms with van der Waals surface area (Å²) >= 11 is 0. The Morgan fingerprint density at radius 1 is 1.10 bits per heavy atom. The molecule has 1 aliphatic rings. The van der Waals surface area contributed by atoms with Crippen molar-refractivity contribution in [3.05, 3.63) is 95.4 Å². The van der Waals surface area contributed by atoms with E-state index in [-0.39, 0.29) is 17.9 Å². The number of ether oxygens (including phenoxy) is 1. The summed E-state index contributed by atoms with van der Waals surface area (Å²) in [7, 11) is 1.65. The third kappa shape index (κ3) is 3.50. The Morgan fingerprint density at radius 3 is 2.61 bits per heavy atom. The lowest BCUT2D eigenvalue weighted by atomic mass is 9.92. The van der Waals surface area contributed by atoms with Crippen LogP contribution in [-0.4, -0.2) is 29.6 Å². The number of nitrogens with one attached hydrogen (secondary N) is 2. The van der Waals surface area contributed by atoms with E-state index < -0.39 is 0 Å². The predicted octanol–water partition coefficient (Wildman–Crippen LogP) is 5.50. The van der Waals surface area contributed by atoms with Crippen LogP contribution in [-0.2, 0) is 6.42 Å². The van der Waals surface area contributed by atoms with Gasteiger partial charge in [-0.3, -0.25) is 0 Å². The van der Waals surface area contributed by atoms with Crippen molar-refractivity contribution >= 4 is 22.6 Å². The van der Waals surface area contributed by atoms with Gasteiger partial charge >= 0.3 is 6.03 Å². The molecule has 5 nitrogen and oxygen atoms in total. The van der Waals surface area contributed by atoms with Crippen LogP contribution in [0.5, 0.6) is 5.75 Å². The smallest absolute Gasteiger partial charge is 0.322 e. The number of carbonyl (C=O) groups is 1. The van der Waals surface area contributed by atoms with Crippen LogP contribution in [0.2, 0.25) is 0 Å². The maximum absolute atomic E-state index is 13.6. The highest BCUT2D eigenvalue weighted by atomic mass is 19.1. The number of aromatic nitrogens is 1. The number of hydrogen-bond donors (Lipinski definition) is 2. The summed E-state index contributed by atoms with van der Waals surface area (Å²) in [5.74, 6) is 0.485. The molecule has 0 saturated carbocycles. The average Bonchev–Trinajstić information content (AvgIpc) is 3.17. The summed E-state index contributed by atoms with van der Waals surface area (Å²) < 4.78 is 19.0. The zero-order valence-electron chi connectivity index (χ0n) is 17.1. The summed E-state index contributed by atoms with van der Waals surface area (Å²) in [5.41, 5.74) is 4.68. The van der Waals surface area contributed by atoms with Crippen molar-refractivity contribution in [3.8, 4) is 5.75 Å². The van der Waals surface area contributed by atoms with Gasteiger partial charge in [-0.2, -0.15) is 0 Å². The maximum Gasteiger partial charge on any atom is 0.322 e. The van der Waals surface area contributed by atoms with Gasteiger partial charge < -0.3 is 19.9 Å². The van der Waals surface area contributed by atoms with E-state index in [2.05, 4.69) is 10.3 Å². The molecule has 0 radical (unpaired) electrons. The second-order valence-corrected chi connectivity index (χ2v) is 7.62. The molecule has 0 saturated heterocycles. The topological polar surface area (TPSA) is 57.4 Å². The van der Waals surface area contributed by atoms with Crippen molar-refractivity contribution in [3.63, 3.8) is 0 Å². The Kier molecular flexibility index (Phi) is 4.82. The molecule has 3 aromatic carbocycles. The van der Waals surface area contributed by atoms with Crippen LogP contribution in [0.1, 0.15) is 22.9 Å². The lowest BCUT2D eigenvalue weighted by molar-refractivity contribution is 0.193. The van der Waals surface area contributed by atoms with Gasteiger partial charge in [0.15, 0.2) is 0 Å². The Hall–Kier alpha value is -3.80. The molecule has 156 valence electrons. The second-order valence-electron chi connectivity index (χ2n) is 7.62. The summed E-state index contributed by atoms with van der Waals surface area (Å²) in [6.45, 7) is 0.540. The summed E-state index contributed by atoms with van der Waals surface area (Å²) in [6, 6.07) is 21.1. The SMILES string of the molecule is COc1ccc2[nH]c3c(c2c1)CCN(C(=O)Nc1ccccc1)C3c1ccc(F)cc1. The van der Waals surface area contributed by atoms with Crippen LogP contribution in [0, 0.1) is 5.82 Å². The van der Waals surface area contributed by atoms with E-state index in [0.717, 1.165) is 39.2 Å². The van der Waals surface area contributed by atoms with Crippen LogP contribution in [0.3, 0.4) is 0 Å². The van der Waals surface area contributed by atoms with Crippen molar-refractivity contribution in [1.29, 1.82) is 0 Å². The number of carbonyl (C=O) groups excluding carboxylic acids is 1. The molecule has 1 aromatic heterocycles. The molecule has 0 bridgehead atoms. The standard InChI is InChI=1S/C25H22FN3O2/c1-31-19-11-12-22-21(15-19)20-13-14-29(25(30)27-18-5-3-2-4-6-18)24(23(20)28-22)16-7-9-17(26)10-8-16/h2-12,15,24,28H,13-14H2,1H3,(H,27,30). The van der Waals surface area contributed by atoms with Crippen molar-refractivity contribution in [2.45, 2.75) is 12.5 Å². The van der Waals surface area contributed by atoms with E-state index in [9.17, 15) is 9.18 Å². The van der Waals surface area contributed by atoms with E-state index in [1.807, 2.05) is 48.5 Å². The Morgan fingerprint density at radius 2 is 1.87 bits per heavy atom. The minimum Gasteiger partial charge on any atom is -0.497 e. The number of para-hydroxylation sites is 1. The first-order valence-corrected chi connectivity index (χ1v) is 10.2. The lowest BCUT2D eigenvalue weighted by Gasteiger charge is -2.36. The molecular formula is C25H22FN3O2. The molecule has 1 unspecified atom stereocenters. The van der Waals surface area contributed by atoms with Crippen LogP contribution in [0.4, 0.5) is 14.9 Å². The minimum atomic E-state index is -0.355. The molecule has 2 N–H and O–H groups in total. The summed E-state index contributed by atoms with van der Waals surface area (Å²) in [4.78, 5) is 18.6. The Bertz CT molecular complexity index is 1240. The average molecular weight is 415 g/mol. The fourth-order valence-corrected chi connectivity index (χ4v) is 4.32. The minimum absolute atomic E-state index is 0.192. The summed E-state index contributed by atoms with van der Waals surface area (Å²) in [5, 5.41) is 4.07. The molecule has 1 aliphatic heterocycles. The molecule has 2 amide bonds. The number of methoxy groups -OCH3 is 1. The monoisotopic (exact) mass is 415 g/mol. The van der Waals surface area contributed by atoms with Crippen molar-refractivity contribution in [2.75, 3.05) is 19.0 Å². The fraction of sp³-hybridized carbons (Fsp3) is 0.160. The highest BCUT2D eigenvalue weighted by molar-refractivity contribution is 5.91. The largest absolute Gasteiger partial charge is 0.497 e. The van der Waals surface area contributed by atoms with Gasteiger partial charge in [0.1, 0.15) is 11.6 Å². The van der Waals surface area contributed by atoms with Gasteiger partial charge in [0.25, 0.3) is 0 Å². The molecule has 0 spiro atoms.